The van der Waals surface area contributed by atoms with E-state index in [0.29, 0.717) is 32.2 Å². The summed E-state index contributed by atoms with van der Waals surface area (Å²) in [6.07, 6.45) is 1.64. The lowest BCUT2D eigenvalue weighted by Gasteiger charge is -2.41. The molecule has 3 N–H and O–H groups in total. The van der Waals surface area contributed by atoms with E-state index in [1.165, 1.54) is 39.7 Å². The number of hydrogen-bond acceptors (Lipinski definition) is 9. The maximum absolute atomic E-state index is 14.8. The number of rotatable bonds is 21. The molecule has 0 unspecified atom stereocenters. The van der Waals surface area contributed by atoms with E-state index < -0.39 is 91.6 Å². The number of thiazole rings is 1. The number of ether oxygens (including phenoxy) is 2. The van der Waals surface area contributed by atoms with Crippen LogP contribution in [0.1, 0.15) is 102 Å². The second-order valence-electron chi connectivity index (χ2n) is 14.4. The Morgan fingerprint density at radius 2 is 1.78 bits per heavy atom. The van der Waals surface area contributed by atoms with Crippen LogP contribution in [0, 0.1) is 23.6 Å². The SMILES string of the molecule is [2H]C([2H])([2H])C([2H])(C([2H])([2H])[2H])[C@]([2H])(NC(=O)[C@@H](NC)C(C)C)C(=O)N(C)[C@@H]([C@@H](C)CC)[C@@H](CC(=O)N1CCC[C@H]1[C@H](OC)[C@@H](C)C(=O)N[C@@H](Cc1ccccc1)c1nccs1)OC. The first-order valence-corrected chi connectivity index (χ1v) is 19.6. The highest BCUT2D eigenvalue weighted by atomic mass is 32.1. The summed E-state index contributed by atoms with van der Waals surface area (Å²) in [6, 6.07) is 3.07. The van der Waals surface area contributed by atoms with Crippen molar-refractivity contribution in [3.8, 4) is 0 Å². The van der Waals surface area contributed by atoms with Crippen LogP contribution in [0.15, 0.2) is 41.9 Å². The van der Waals surface area contributed by atoms with E-state index in [0.717, 1.165) is 15.5 Å². The van der Waals surface area contributed by atoms with Crippen LogP contribution in [0.25, 0.3) is 0 Å². The molecule has 1 aliphatic rings. The molecule has 302 valence electrons. The van der Waals surface area contributed by atoms with Gasteiger partial charge in [0.25, 0.3) is 0 Å². The summed E-state index contributed by atoms with van der Waals surface area (Å²) in [7, 11) is 5.48. The quantitative estimate of drug-likeness (QED) is 0.164. The van der Waals surface area contributed by atoms with Crippen LogP contribution in [-0.2, 0) is 35.1 Å². The van der Waals surface area contributed by atoms with Crippen LogP contribution in [0.3, 0.4) is 0 Å². The van der Waals surface area contributed by atoms with Gasteiger partial charge in [-0.1, -0.05) is 85.1 Å². The third-order valence-corrected chi connectivity index (χ3v) is 11.4. The van der Waals surface area contributed by atoms with Gasteiger partial charge in [0, 0.05) is 49.0 Å². The smallest absolute Gasteiger partial charge is 0.245 e. The first kappa shape index (κ1) is 33.9. The molecule has 9 atom stereocenters. The molecule has 2 heterocycles. The molecular weight excluding hydrogens is 705 g/mol. The lowest BCUT2D eigenvalue weighted by molar-refractivity contribution is -0.147. The number of methoxy groups -OCH3 is 2. The van der Waals surface area contributed by atoms with E-state index >= 15 is 0 Å². The number of amides is 4. The lowest BCUT2D eigenvalue weighted by Crippen LogP contribution is -2.59. The van der Waals surface area contributed by atoms with Crippen LogP contribution in [0.5, 0.6) is 0 Å². The normalized spacial score (nSPS) is 22.5. The van der Waals surface area contributed by atoms with Gasteiger partial charge in [0.15, 0.2) is 0 Å². The largest absolute Gasteiger partial charge is 0.379 e. The number of aromatic nitrogens is 1. The molecule has 54 heavy (non-hydrogen) atoms. The number of hydrogen-bond donors (Lipinski definition) is 3. The van der Waals surface area contributed by atoms with E-state index in [1.807, 2.05) is 42.6 Å². The molecule has 3 rings (SSSR count). The van der Waals surface area contributed by atoms with Crippen molar-refractivity contribution in [1.29, 1.82) is 0 Å². The summed E-state index contributed by atoms with van der Waals surface area (Å²) in [4.78, 5) is 63.9. The van der Waals surface area contributed by atoms with Crippen molar-refractivity contribution >= 4 is 35.0 Å². The summed E-state index contributed by atoms with van der Waals surface area (Å²) in [5.41, 5.74) is 1.02. The highest BCUT2D eigenvalue weighted by Gasteiger charge is 2.43. The van der Waals surface area contributed by atoms with Crippen LogP contribution in [0.4, 0.5) is 0 Å². The summed E-state index contributed by atoms with van der Waals surface area (Å²) in [5.74, 6) is -8.68. The van der Waals surface area contributed by atoms with Crippen LogP contribution in [-0.4, -0.2) is 110 Å². The summed E-state index contributed by atoms with van der Waals surface area (Å²) < 4.78 is 79.5. The van der Waals surface area contributed by atoms with Crippen LogP contribution < -0.4 is 16.0 Å². The molecule has 12 nitrogen and oxygen atoms in total. The van der Waals surface area contributed by atoms with Crippen LogP contribution in [0.2, 0.25) is 0 Å². The minimum Gasteiger partial charge on any atom is -0.379 e. The average Bonchev–Trinajstić information content (AvgIpc) is 3.93. The number of nitrogens with zero attached hydrogens (tertiary/aromatic N) is 3. The Kier molecular flexibility index (Phi) is 13.6. The van der Waals surface area contributed by atoms with Gasteiger partial charge in [0.2, 0.25) is 23.6 Å². The van der Waals surface area contributed by atoms with Gasteiger partial charge in [-0.3, -0.25) is 19.2 Å². The predicted molar refractivity (Wildman–Crippen MR) is 214 cm³/mol. The first-order valence-electron chi connectivity index (χ1n) is 22.7. The molecule has 0 saturated carbocycles. The Balaban J connectivity index is 1.96. The van der Waals surface area contributed by atoms with Crippen molar-refractivity contribution in [3.05, 3.63) is 52.5 Å². The summed E-state index contributed by atoms with van der Waals surface area (Å²) >= 11 is 1.44. The molecule has 13 heteroatoms. The lowest BCUT2D eigenvalue weighted by atomic mass is 9.89. The zero-order valence-electron chi connectivity index (χ0n) is 41.2. The Labute approximate surface area is 338 Å². The van der Waals surface area contributed by atoms with Crippen LogP contribution >= 0.6 is 11.3 Å². The molecule has 1 aromatic carbocycles. The van der Waals surface area contributed by atoms with Gasteiger partial charge in [0.05, 0.1) is 50.1 Å². The van der Waals surface area contributed by atoms with Gasteiger partial charge in [-0.25, -0.2) is 4.98 Å². The van der Waals surface area contributed by atoms with Gasteiger partial charge in [-0.2, -0.15) is 0 Å². The Hall–Kier alpha value is -3.39. The van der Waals surface area contributed by atoms with Gasteiger partial charge in [-0.05, 0) is 49.6 Å². The van der Waals surface area contributed by atoms with Crippen molar-refractivity contribution in [1.82, 2.24) is 30.7 Å². The standard InChI is InChI=1S/C41H66N6O6S/c1-12-27(6)36(46(9)41(51)35(26(4)5)45-39(50)34(42-8)25(2)3)32(52-10)24-33(48)47-21-16-19-31(47)37(53-11)28(7)38(49)44-30(40-43-20-22-54-40)23-29-17-14-13-15-18-29/h13-15,17-18,20,22,25-28,30-32,34-37,42H,12,16,19,21,23-24H2,1-11H3,(H,44,49)(H,45,50)/t27-,28+,30-,31-,32+,34-,35-,36-,37+/m0/s1/i4D3,5D3,26D,35D. The number of carbonyl (C=O) groups excluding carboxylic acids is 4. The molecule has 1 aromatic heterocycles. The number of likely N-dealkylation sites (tertiary alicyclic amines) is 1. The second-order valence-corrected chi connectivity index (χ2v) is 15.4. The van der Waals surface area contributed by atoms with Gasteiger partial charge < -0.3 is 35.2 Å². The Bertz CT molecular complexity index is 1760. The average molecular weight is 779 g/mol. The van der Waals surface area contributed by atoms with Crippen molar-refractivity contribution in [2.45, 2.75) is 123 Å². The van der Waals surface area contributed by atoms with E-state index in [-0.39, 0.29) is 18.2 Å². The highest BCUT2D eigenvalue weighted by Crippen LogP contribution is 2.30. The summed E-state index contributed by atoms with van der Waals surface area (Å²) in [6.45, 7) is 1.41. The van der Waals surface area contributed by atoms with E-state index in [2.05, 4.69) is 20.9 Å². The number of likely N-dealkylation sites (N-methyl/N-ethyl adjacent to an activating group) is 2. The zero-order valence-corrected chi connectivity index (χ0v) is 34.0. The molecule has 2 aromatic rings. The topological polar surface area (TPSA) is 142 Å². The van der Waals surface area contributed by atoms with E-state index in [1.54, 1.807) is 38.8 Å². The molecule has 0 spiro atoms. The molecule has 1 aliphatic heterocycles. The third kappa shape index (κ3) is 11.6. The molecule has 0 radical (unpaired) electrons. The molecular formula is C41H66N6O6S. The fraction of sp³-hybridized carbons (Fsp3) is 0.683. The third-order valence-electron chi connectivity index (χ3n) is 10.6. The minimum absolute atomic E-state index is 0.279. The van der Waals surface area contributed by atoms with Gasteiger partial charge in [-0.15, -0.1) is 11.3 Å². The molecule has 0 bridgehead atoms. The number of carbonyl (C=O) groups is 4. The number of benzene rings is 1. The predicted octanol–water partition coefficient (Wildman–Crippen LogP) is 4.85. The maximum atomic E-state index is 14.8. The monoisotopic (exact) mass is 779 g/mol. The Morgan fingerprint density at radius 3 is 2.33 bits per heavy atom. The molecule has 0 aliphatic carbocycles. The Morgan fingerprint density at radius 1 is 1.07 bits per heavy atom. The van der Waals surface area contributed by atoms with E-state index in [9.17, 15) is 20.5 Å². The van der Waals surface area contributed by atoms with Crippen molar-refractivity contribution in [2.24, 2.45) is 23.6 Å². The molecule has 4 amide bonds. The second kappa shape index (κ2) is 21.6. The first-order chi connectivity index (χ1) is 28.9. The minimum atomic E-state index is -3.86. The summed E-state index contributed by atoms with van der Waals surface area (Å²) in [5, 5.41) is 10.6. The molecule has 1 fully saturated rings. The van der Waals surface area contributed by atoms with Crippen molar-refractivity contribution in [3.63, 3.8) is 0 Å². The fourth-order valence-corrected chi connectivity index (χ4v) is 8.11. The fourth-order valence-electron chi connectivity index (χ4n) is 7.42. The number of nitrogens with one attached hydrogen (secondary N) is 3. The van der Waals surface area contributed by atoms with Crippen molar-refractivity contribution in [2.75, 3.05) is 34.9 Å². The highest BCUT2D eigenvalue weighted by molar-refractivity contribution is 7.09. The van der Waals surface area contributed by atoms with Crippen molar-refractivity contribution < 1.29 is 39.6 Å². The maximum Gasteiger partial charge on any atom is 0.245 e. The molecule has 1 saturated heterocycles. The zero-order chi connectivity index (χ0) is 47.0. The van der Waals surface area contributed by atoms with E-state index in [4.69, 9.17) is 19.1 Å². The van der Waals surface area contributed by atoms with Gasteiger partial charge in [0.1, 0.15) is 11.0 Å². The van der Waals surface area contributed by atoms with Gasteiger partial charge >= 0.3 is 0 Å².